The van der Waals surface area contributed by atoms with Crippen molar-refractivity contribution in [2.75, 3.05) is 19.0 Å². The van der Waals surface area contributed by atoms with Crippen LogP contribution in [-0.4, -0.2) is 24.5 Å². The molecular weight excluding hydrogens is 356 g/mol. The number of thiophene rings is 1. The number of rotatable bonds is 8. The summed E-state index contributed by atoms with van der Waals surface area (Å²) < 4.78 is 5.64. The van der Waals surface area contributed by atoms with Gasteiger partial charge in [-0.05, 0) is 43.1 Å². The first-order valence-corrected chi connectivity index (χ1v) is 9.87. The van der Waals surface area contributed by atoms with Crippen molar-refractivity contribution in [2.24, 2.45) is 0 Å². The molecule has 0 saturated carbocycles. The zero-order valence-corrected chi connectivity index (χ0v) is 16.4. The van der Waals surface area contributed by atoms with E-state index in [1.54, 1.807) is 11.3 Å². The molecule has 0 saturated heterocycles. The van der Waals surface area contributed by atoms with Crippen LogP contribution in [0.5, 0.6) is 5.75 Å². The lowest BCUT2D eigenvalue weighted by atomic mass is 10.0. The number of carbonyl (C=O) groups excluding carboxylic acids is 1. The highest BCUT2D eigenvalue weighted by Gasteiger charge is 2.26. The van der Waals surface area contributed by atoms with Gasteiger partial charge in [-0.3, -0.25) is 9.69 Å². The van der Waals surface area contributed by atoms with E-state index < -0.39 is 6.04 Å². The molecule has 1 heterocycles. The summed E-state index contributed by atoms with van der Waals surface area (Å²) in [4.78, 5) is 16.5. The maximum absolute atomic E-state index is 13.2. The summed E-state index contributed by atoms with van der Waals surface area (Å²) >= 11 is 1.70. The highest BCUT2D eigenvalue weighted by atomic mass is 32.1. The number of hydrogen-bond donors (Lipinski definition) is 1. The Kier molecular flexibility index (Phi) is 6.63. The zero-order chi connectivity index (χ0) is 19.1. The average molecular weight is 381 g/mol. The van der Waals surface area contributed by atoms with E-state index in [0.29, 0.717) is 24.6 Å². The minimum atomic E-state index is -0.400. The molecule has 0 radical (unpaired) electrons. The first kappa shape index (κ1) is 19.1. The number of nitrogens with one attached hydrogen (secondary N) is 1. The molecule has 0 bridgehead atoms. The Balaban J connectivity index is 1.85. The lowest BCUT2D eigenvalue weighted by Crippen LogP contribution is -2.34. The molecule has 5 heteroatoms. The number of benzene rings is 2. The van der Waals surface area contributed by atoms with Gasteiger partial charge in [-0.1, -0.05) is 48.5 Å². The number of para-hydroxylation sites is 2. The largest absolute Gasteiger partial charge is 0.492 e. The third-order valence-electron chi connectivity index (χ3n) is 4.23. The molecule has 1 N–H and O–H groups in total. The standard InChI is InChI=1S/C22H24N2O2S/c1-3-26-20-14-8-7-13-19(20)23-22(25)21(17-10-5-4-6-11-17)24(2)16-18-12-9-15-27-18/h4-15,21H,3,16H2,1-2H3,(H,23,25)/t21-/m1/s1. The van der Waals surface area contributed by atoms with E-state index in [1.165, 1.54) is 4.88 Å². The van der Waals surface area contributed by atoms with E-state index in [-0.39, 0.29) is 5.91 Å². The molecule has 140 valence electrons. The molecule has 27 heavy (non-hydrogen) atoms. The van der Waals surface area contributed by atoms with Crippen molar-refractivity contribution in [2.45, 2.75) is 19.5 Å². The molecule has 3 aromatic rings. The minimum Gasteiger partial charge on any atom is -0.492 e. The van der Waals surface area contributed by atoms with E-state index in [0.717, 1.165) is 5.56 Å². The summed E-state index contributed by atoms with van der Waals surface area (Å²) in [5.74, 6) is 0.605. The van der Waals surface area contributed by atoms with Gasteiger partial charge in [-0.25, -0.2) is 0 Å². The second kappa shape index (κ2) is 9.35. The van der Waals surface area contributed by atoms with E-state index in [9.17, 15) is 4.79 Å². The molecule has 0 aliphatic rings. The van der Waals surface area contributed by atoms with Crippen molar-refractivity contribution < 1.29 is 9.53 Å². The average Bonchev–Trinajstić information content (AvgIpc) is 3.17. The van der Waals surface area contributed by atoms with E-state index >= 15 is 0 Å². The van der Waals surface area contributed by atoms with Gasteiger partial charge in [0.15, 0.2) is 0 Å². The van der Waals surface area contributed by atoms with E-state index in [2.05, 4.69) is 21.7 Å². The van der Waals surface area contributed by atoms with Crippen molar-refractivity contribution in [1.29, 1.82) is 0 Å². The zero-order valence-electron chi connectivity index (χ0n) is 15.6. The maximum Gasteiger partial charge on any atom is 0.246 e. The van der Waals surface area contributed by atoms with Gasteiger partial charge in [-0.15, -0.1) is 11.3 Å². The third kappa shape index (κ3) is 4.96. The van der Waals surface area contributed by atoms with Crippen LogP contribution in [0.4, 0.5) is 5.69 Å². The second-order valence-corrected chi connectivity index (χ2v) is 7.26. The predicted octanol–water partition coefficient (Wildman–Crippen LogP) is 4.96. The fourth-order valence-corrected chi connectivity index (χ4v) is 3.80. The predicted molar refractivity (Wildman–Crippen MR) is 111 cm³/mol. The molecular formula is C22H24N2O2S. The fourth-order valence-electron chi connectivity index (χ4n) is 3.03. The first-order valence-electron chi connectivity index (χ1n) is 8.99. The fraction of sp³-hybridized carbons (Fsp3) is 0.227. The van der Waals surface area contributed by atoms with Gasteiger partial charge >= 0.3 is 0 Å². The van der Waals surface area contributed by atoms with Gasteiger partial charge in [0.2, 0.25) is 5.91 Å². The van der Waals surface area contributed by atoms with Crippen LogP contribution >= 0.6 is 11.3 Å². The third-order valence-corrected chi connectivity index (χ3v) is 5.10. The van der Waals surface area contributed by atoms with Crippen LogP contribution < -0.4 is 10.1 Å². The summed E-state index contributed by atoms with van der Waals surface area (Å²) in [6, 6.07) is 21.1. The Morgan fingerprint density at radius 3 is 2.52 bits per heavy atom. The topological polar surface area (TPSA) is 41.6 Å². The Morgan fingerprint density at radius 1 is 1.07 bits per heavy atom. The molecule has 0 aliphatic carbocycles. The number of nitrogens with zero attached hydrogens (tertiary/aromatic N) is 1. The van der Waals surface area contributed by atoms with Gasteiger partial charge < -0.3 is 10.1 Å². The summed E-state index contributed by atoms with van der Waals surface area (Å²) in [5, 5.41) is 5.11. The smallest absolute Gasteiger partial charge is 0.246 e. The lowest BCUT2D eigenvalue weighted by Gasteiger charge is -2.27. The molecule has 0 aliphatic heterocycles. The van der Waals surface area contributed by atoms with Crippen LogP contribution in [0.2, 0.25) is 0 Å². The van der Waals surface area contributed by atoms with Gasteiger partial charge in [-0.2, -0.15) is 0 Å². The van der Waals surface area contributed by atoms with Crippen LogP contribution in [0.3, 0.4) is 0 Å². The second-order valence-electron chi connectivity index (χ2n) is 6.23. The highest BCUT2D eigenvalue weighted by Crippen LogP contribution is 2.28. The molecule has 1 atom stereocenters. The van der Waals surface area contributed by atoms with Gasteiger partial charge in [0.25, 0.3) is 0 Å². The molecule has 1 aromatic heterocycles. The molecule has 1 amide bonds. The molecule has 3 rings (SSSR count). The number of carbonyl (C=O) groups is 1. The van der Waals surface area contributed by atoms with Crippen LogP contribution in [0.15, 0.2) is 72.1 Å². The van der Waals surface area contributed by atoms with Crippen LogP contribution in [0.25, 0.3) is 0 Å². The van der Waals surface area contributed by atoms with Crippen LogP contribution in [0, 0.1) is 0 Å². The SMILES string of the molecule is CCOc1ccccc1NC(=O)[C@@H](c1ccccc1)N(C)Cc1cccs1. The molecule has 4 nitrogen and oxygen atoms in total. The summed E-state index contributed by atoms with van der Waals surface area (Å²) in [7, 11) is 1.98. The Hall–Kier alpha value is -2.63. The van der Waals surface area contributed by atoms with Crippen molar-refractivity contribution in [3.05, 3.63) is 82.6 Å². The van der Waals surface area contributed by atoms with Crippen LogP contribution in [-0.2, 0) is 11.3 Å². The summed E-state index contributed by atoms with van der Waals surface area (Å²) in [5.41, 5.74) is 1.65. The van der Waals surface area contributed by atoms with Crippen molar-refractivity contribution in [1.82, 2.24) is 4.90 Å². The number of likely N-dealkylation sites (N-methyl/N-ethyl adjacent to an activating group) is 1. The molecule has 2 aromatic carbocycles. The number of ether oxygens (including phenoxy) is 1. The lowest BCUT2D eigenvalue weighted by molar-refractivity contribution is -0.121. The molecule has 0 spiro atoms. The van der Waals surface area contributed by atoms with Crippen LogP contribution in [0.1, 0.15) is 23.4 Å². The number of anilines is 1. The summed E-state index contributed by atoms with van der Waals surface area (Å²) in [6.45, 7) is 3.19. The van der Waals surface area contributed by atoms with E-state index in [1.807, 2.05) is 74.6 Å². The van der Waals surface area contributed by atoms with Gasteiger partial charge in [0.1, 0.15) is 11.8 Å². The van der Waals surface area contributed by atoms with Crippen molar-refractivity contribution in [3.8, 4) is 5.75 Å². The Bertz CT molecular complexity index is 850. The Morgan fingerprint density at radius 2 is 1.81 bits per heavy atom. The maximum atomic E-state index is 13.2. The van der Waals surface area contributed by atoms with Crippen molar-refractivity contribution in [3.63, 3.8) is 0 Å². The summed E-state index contributed by atoms with van der Waals surface area (Å²) in [6.07, 6.45) is 0. The van der Waals surface area contributed by atoms with Crippen molar-refractivity contribution >= 4 is 22.9 Å². The normalized spacial score (nSPS) is 12.0. The number of amides is 1. The highest BCUT2D eigenvalue weighted by molar-refractivity contribution is 7.09. The number of hydrogen-bond acceptors (Lipinski definition) is 4. The van der Waals surface area contributed by atoms with E-state index in [4.69, 9.17) is 4.74 Å². The minimum absolute atomic E-state index is 0.0765. The first-order chi connectivity index (χ1) is 13.2. The van der Waals surface area contributed by atoms with Gasteiger partial charge in [0.05, 0.1) is 12.3 Å². The molecule has 0 fully saturated rings. The monoisotopic (exact) mass is 380 g/mol. The quantitative estimate of drug-likeness (QED) is 0.601. The van der Waals surface area contributed by atoms with Gasteiger partial charge in [0, 0.05) is 11.4 Å². The molecule has 0 unspecified atom stereocenters. The Labute approximate surface area is 164 Å².